The fourth-order valence-corrected chi connectivity index (χ4v) is 3.01. The van der Waals surface area contributed by atoms with Crippen molar-refractivity contribution >= 4 is 5.97 Å². The van der Waals surface area contributed by atoms with Gasteiger partial charge in [-0.15, -0.1) is 0 Å². The van der Waals surface area contributed by atoms with Gasteiger partial charge in [0.1, 0.15) is 0 Å². The first-order valence-corrected chi connectivity index (χ1v) is 11.2. The van der Waals surface area contributed by atoms with Crippen LogP contribution in [0, 0.1) is 0 Å². The molecule has 0 aromatic heterocycles. The summed E-state index contributed by atoms with van der Waals surface area (Å²) in [6, 6.07) is 0. The highest BCUT2D eigenvalue weighted by molar-refractivity contribution is 5.76. The van der Waals surface area contributed by atoms with E-state index >= 15 is 0 Å². The number of aliphatic carboxylic acids is 1. The molecule has 212 valence electrons. The van der Waals surface area contributed by atoms with E-state index in [-0.39, 0.29) is 13.0 Å². The lowest BCUT2D eigenvalue weighted by Gasteiger charge is -2.51. The maximum absolute atomic E-state index is 10.8. The highest BCUT2D eigenvalue weighted by atomic mass is 16.7. The van der Waals surface area contributed by atoms with Gasteiger partial charge >= 0.3 is 11.8 Å². The Hall–Kier alpha value is -1.05. The Morgan fingerprint density at radius 3 is 1.20 bits per heavy atom. The minimum Gasteiger partial charge on any atom is -0.477 e. The molecule has 0 heterocycles. The number of rotatable bonds is 16. The van der Waals surface area contributed by atoms with Crippen LogP contribution in [-0.2, 0) is 4.79 Å². The van der Waals surface area contributed by atoms with Gasteiger partial charge in [0, 0.05) is 13.0 Å². The first kappa shape index (κ1) is 36.1. The lowest BCUT2D eigenvalue weighted by atomic mass is 9.80. The zero-order valence-electron chi connectivity index (χ0n) is 19.9. The Balaban J connectivity index is 0. The molecular formula is C20H42O15. The van der Waals surface area contributed by atoms with E-state index < -0.39 is 47.1 Å². The Labute approximate surface area is 202 Å². The smallest absolute Gasteiger partial charge is 0.370 e. The second-order valence-electron chi connectivity index (χ2n) is 8.38. The number of unbranched alkanes of at least 4 members (excludes halogenated alkanes) is 8. The van der Waals surface area contributed by atoms with Crippen molar-refractivity contribution in [2.45, 2.75) is 113 Å². The molecule has 0 saturated heterocycles. The van der Waals surface area contributed by atoms with Crippen LogP contribution in [0.1, 0.15) is 78.1 Å². The summed E-state index contributed by atoms with van der Waals surface area (Å²) in [6.07, 6.45) is 5.77. The molecule has 0 aromatic carbocycles. The van der Waals surface area contributed by atoms with Crippen molar-refractivity contribution in [3.05, 3.63) is 0 Å². The quantitative estimate of drug-likeness (QED) is 0.0680. The third-order valence-corrected chi connectivity index (χ3v) is 5.43. The fraction of sp³-hybridized carbons (Fsp3) is 0.950. The summed E-state index contributed by atoms with van der Waals surface area (Å²) in [7, 11) is 0. The molecule has 14 N–H and O–H groups in total. The predicted octanol–water partition coefficient (Wildman–Crippen LogP) is -3.92. The third kappa shape index (κ3) is 8.22. The second-order valence-corrected chi connectivity index (χ2v) is 8.38. The van der Waals surface area contributed by atoms with Crippen molar-refractivity contribution < 1.29 is 76.3 Å². The van der Waals surface area contributed by atoms with Crippen molar-refractivity contribution in [1.29, 1.82) is 0 Å². The number of hydrogen-bond donors (Lipinski definition) is 14. The molecule has 0 aliphatic rings. The Morgan fingerprint density at radius 1 is 0.543 bits per heavy atom. The number of carboxylic acids is 1. The van der Waals surface area contributed by atoms with Crippen molar-refractivity contribution in [3.63, 3.8) is 0 Å². The number of carbonyl (C=O) groups is 1. The van der Waals surface area contributed by atoms with Gasteiger partial charge in [-0.05, 0) is 13.3 Å². The molecule has 0 aliphatic heterocycles. The molecule has 0 radical (unpaired) electrons. The predicted molar refractivity (Wildman–Crippen MR) is 115 cm³/mol. The summed E-state index contributed by atoms with van der Waals surface area (Å²) in [5, 5.41) is 132. The molecule has 0 aliphatic carbocycles. The molecule has 0 bridgehead atoms. The van der Waals surface area contributed by atoms with E-state index in [1.807, 2.05) is 0 Å². The van der Waals surface area contributed by atoms with Gasteiger partial charge in [-0.1, -0.05) is 58.3 Å². The van der Waals surface area contributed by atoms with Gasteiger partial charge in [0.2, 0.25) is 5.79 Å². The van der Waals surface area contributed by atoms with E-state index in [0.717, 1.165) is 38.5 Å². The van der Waals surface area contributed by atoms with Crippen LogP contribution < -0.4 is 0 Å². The normalized spacial score (nSPS) is 13.9. The van der Waals surface area contributed by atoms with Crippen LogP contribution in [0.3, 0.4) is 0 Å². The van der Waals surface area contributed by atoms with Crippen LogP contribution >= 0.6 is 0 Å². The summed E-state index contributed by atoms with van der Waals surface area (Å²) in [6.45, 7) is 4.00. The molecule has 0 aromatic rings. The Kier molecular flexibility index (Phi) is 14.5. The van der Waals surface area contributed by atoms with Crippen molar-refractivity contribution in [2.24, 2.45) is 0 Å². The molecule has 15 nitrogen and oxygen atoms in total. The van der Waals surface area contributed by atoms with Gasteiger partial charge in [0.15, 0.2) is 0 Å². The topological polar surface area (TPSA) is 300 Å². The molecule has 0 fully saturated rings. The number of hydrogen-bond acceptors (Lipinski definition) is 14. The third-order valence-electron chi connectivity index (χ3n) is 5.43. The highest BCUT2D eigenvalue weighted by Gasteiger charge is 2.80. The van der Waals surface area contributed by atoms with Crippen LogP contribution in [0.25, 0.3) is 0 Å². The average Bonchev–Trinajstić information content (AvgIpc) is 2.72. The summed E-state index contributed by atoms with van der Waals surface area (Å²) in [4.78, 5) is 10.8. The van der Waals surface area contributed by atoms with Crippen molar-refractivity contribution in [1.82, 2.24) is 0 Å². The summed E-state index contributed by atoms with van der Waals surface area (Å²) < 4.78 is 0. The van der Waals surface area contributed by atoms with E-state index in [4.69, 9.17) is 10.2 Å². The maximum Gasteiger partial charge on any atom is 0.370 e. The minimum absolute atomic E-state index is 0.146. The van der Waals surface area contributed by atoms with Gasteiger partial charge in [-0.3, -0.25) is 0 Å². The molecule has 35 heavy (non-hydrogen) atoms. The average molecular weight is 523 g/mol. The fourth-order valence-electron chi connectivity index (χ4n) is 3.01. The molecule has 0 rings (SSSR count). The van der Waals surface area contributed by atoms with Gasteiger partial charge in [0.05, 0.1) is 0 Å². The van der Waals surface area contributed by atoms with E-state index in [1.165, 1.54) is 0 Å². The summed E-state index contributed by atoms with van der Waals surface area (Å²) in [5.41, 5.74) is 0. The Morgan fingerprint density at radius 2 is 0.857 bits per heavy atom. The van der Waals surface area contributed by atoms with Crippen LogP contribution in [0.4, 0.5) is 0 Å². The zero-order chi connectivity index (χ0) is 28.4. The standard InChI is InChI=1S/C18H36O14.C2H6O/c1-2-3-4-5-6-7-8-9-10-11-13(21,22)15(25,26)17(29,30)18(31,32)16(27,28)14(23,24)12(19)20;1-2-3/h21-32H,2-11H2,1H3,(H,19,20);3H,2H2,1H3. The first-order valence-electron chi connectivity index (χ1n) is 11.2. The molecular weight excluding hydrogens is 480 g/mol. The first-order chi connectivity index (χ1) is 15.7. The van der Waals surface area contributed by atoms with Crippen LogP contribution in [0.5, 0.6) is 0 Å². The lowest BCUT2D eigenvalue weighted by Crippen LogP contribution is -2.85. The molecule has 0 unspecified atom stereocenters. The van der Waals surface area contributed by atoms with Crippen LogP contribution in [-0.4, -0.2) is 119 Å². The molecule has 0 saturated carbocycles. The Bertz CT molecular complexity index is 614. The van der Waals surface area contributed by atoms with Gasteiger partial charge < -0.3 is 71.5 Å². The van der Waals surface area contributed by atoms with Crippen molar-refractivity contribution in [3.8, 4) is 0 Å². The molecule has 0 spiro atoms. The number of aliphatic hydroxyl groups is 13. The zero-order valence-corrected chi connectivity index (χ0v) is 19.9. The largest absolute Gasteiger partial charge is 0.477 e. The maximum atomic E-state index is 10.8. The van der Waals surface area contributed by atoms with E-state index in [0.29, 0.717) is 12.8 Å². The van der Waals surface area contributed by atoms with Crippen LogP contribution in [0.15, 0.2) is 0 Å². The minimum atomic E-state index is -5.29. The molecule has 0 atom stereocenters. The van der Waals surface area contributed by atoms with Crippen LogP contribution in [0.2, 0.25) is 0 Å². The monoisotopic (exact) mass is 522 g/mol. The van der Waals surface area contributed by atoms with Gasteiger partial charge in [-0.25, -0.2) is 4.79 Å². The van der Waals surface area contributed by atoms with E-state index in [1.54, 1.807) is 6.92 Å². The number of carboxylic acid groups (broad SMARTS) is 1. The summed E-state index contributed by atoms with van der Waals surface area (Å²) in [5.74, 6) is -32.2. The number of aliphatic hydroxyl groups excluding tert-OH is 1. The van der Waals surface area contributed by atoms with E-state index in [9.17, 15) is 66.1 Å². The van der Waals surface area contributed by atoms with E-state index in [2.05, 4.69) is 6.92 Å². The second kappa shape index (κ2) is 14.0. The molecule has 15 heteroatoms. The van der Waals surface area contributed by atoms with Gasteiger partial charge in [0.25, 0.3) is 23.1 Å². The van der Waals surface area contributed by atoms with Gasteiger partial charge in [-0.2, -0.15) is 0 Å². The summed E-state index contributed by atoms with van der Waals surface area (Å²) >= 11 is 0. The SMILES string of the molecule is CCCCCCCCCCCC(O)(O)C(O)(O)C(O)(O)C(O)(O)C(O)(O)C(O)(O)C(=O)O.CCO. The highest BCUT2D eigenvalue weighted by Crippen LogP contribution is 2.43. The molecule has 0 amide bonds. The lowest BCUT2D eigenvalue weighted by molar-refractivity contribution is -0.557. The van der Waals surface area contributed by atoms with Crippen molar-refractivity contribution in [2.75, 3.05) is 6.61 Å².